The molecule has 2 heterocycles. The Hall–Kier alpha value is -0.846. The molecule has 1 radical (unpaired) electrons. The Bertz CT molecular complexity index is 653. The van der Waals surface area contributed by atoms with Crippen molar-refractivity contribution in [3.8, 4) is 0 Å². The average molecular weight is 462 g/mol. The molecule has 0 atom stereocenters. The van der Waals surface area contributed by atoms with E-state index in [0.717, 1.165) is 52.4 Å². The molecule has 2 saturated heterocycles. The van der Waals surface area contributed by atoms with E-state index >= 15 is 0 Å². The smallest absolute Gasteiger partial charge is 0.391 e. The van der Waals surface area contributed by atoms with E-state index in [-0.39, 0.29) is 6.10 Å². The second-order valence-corrected chi connectivity index (χ2v) is 14.0. The number of likely N-dealkylation sites (N-methyl/N-ethyl adjacent to an activating group) is 2. The van der Waals surface area contributed by atoms with E-state index in [0.29, 0.717) is 6.61 Å². The van der Waals surface area contributed by atoms with Gasteiger partial charge in [0.2, 0.25) is 0 Å². The molecule has 6 nitrogen and oxygen atoms in total. The van der Waals surface area contributed by atoms with Gasteiger partial charge in [-0.3, -0.25) is 0 Å². The molecule has 2 aliphatic heterocycles. The van der Waals surface area contributed by atoms with Gasteiger partial charge in [-0.25, -0.2) is 0 Å². The van der Waals surface area contributed by atoms with E-state index < -0.39 is 17.7 Å². The van der Waals surface area contributed by atoms with Crippen molar-refractivity contribution in [2.45, 2.75) is 26.9 Å². The molecule has 173 valence electrons. The highest BCUT2D eigenvalue weighted by Gasteiger charge is 2.47. The van der Waals surface area contributed by atoms with Crippen LogP contribution < -0.4 is 5.19 Å². The van der Waals surface area contributed by atoms with Crippen molar-refractivity contribution in [3.63, 3.8) is 0 Å². The molecule has 2 aliphatic rings. The molecular weight excluding hydrogens is 420 g/mol. The molecule has 0 aliphatic carbocycles. The molecule has 8 heteroatoms. The quantitative estimate of drug-likeness (QED) is 0.517. The summed E-state index contributed by atoms with van der Waals surface area (Å²) in [6.07, 6.45) is 0.171. The van der Waals surface area contributed by atoms with Crippen LogP contribution in [0.25, 0.3) is 0 Å². The second kappa shape index (κ2) is 11.9. The Kier molecular flexibility index (Phi) is 9.48. The lowest BCUT2D eigenvalue weighted by molar-refractivity contribution is 0.171. The minimum absolute atomic E-state index is 0.171. The fraction of sp³-hybridized carbons (Fsp3) is 0.652. The van der Waals surface area contributed by atoms with E-state index in [1.54, 1.807) is 0 Å². The monoisotopic (exact) mass is 461 g/mol. The van der Waals surface area contributed by atoms with Gasteiger partial charge >= 0.3 is 9.28 Å². The summed E-state index contributed by atoms with van der Waals surface area (Å²) in [6.45, 7) is 15.9. The summed E-state index contributed by atoms with van der Waals surface area (Å²) < 4.78 is 17.9. The van der Waals surface area contributed by atoms with Gasteiger partial charge in [0.05, 0.1) is 0 Å². The third-order valence-corrected chi connectivity index (χ3v) is 12.9. The van der Waals surface area contributed by atoms with E-state index in [4.69, 9.17) is 8.85 Å². The number of piperazine rings is 2. The summed E-state index contributed by atoms with van der Waals surface area (Å²) in [5.41, 5.74) is 4.86. The lowest BCUT2D eigenvalue weighted by atomic mass is 10.4. The summed E-state index contributed by atoms with van der Waals surface area (Å²) in [7, 11) is 0.750. The third-order valence-electron chi connectivity index (χ3n) is 6.26. The fourth-order valence-electron chi connectivity index (χ4n) is 4.53. The van der Waals surface area contributed by atoms with Crippen molar-refractivity contribution in [1.29, 1.82) is 0 Å². The van der Waals surface area contributed by atoms with Crippen molar-refractivity contribution < 1.29 is 8.85 Å². The zero-order chi connectivity index (χ0) is 22.3. The van der Waals surface area contributed by atoms with Gasteiger partial charge < -0.3 is 27.8 Å². The number of hydrogen-bond donors (Lipinski definition) is 0. The topological polar surface area (TPSA) is 31.4 Å². The van der Waals surface area contributed by atoms with Crippen LogP contribution in [0.2, 0.25) is 0 Å². The molecule has 0 unspecified atom stereocenters. The molecule has 2 fully saturated rings. The molecular formula is C23H41N4O2Si2. The van der Waals surface area contributed by atoms with Crippen molar-refractivity contribution in [1.82, 2.24) is 18.9 Å². The van der Waals surface area contributed by atoms with Crippen LogP contribution in [0.15, 0.2) is 41.7 Å². The maximum atomic E-state index is 6.19. The lowest BCUT2D eigenvalue weighted by Crippen LogP contribution is -2.76. The van der Waals surface area contributed by atoms with Crippen molar-refractivity contribution in [3.05, 3.63) is 41.7 Å². The van der Waals surface area contributed by atoms with Gasteiger partial charge in [-0.1, -0.05) is 36.0 Å². The number of rotatable bonds is 9. The van der Waals surface area contributed by atoms with Gasteiger partial charge in [-0.15, -0.1) is 0 Å². The molecule has 1 aromatic rings. The third kappa shape index (κ3) is 6.36. The van der Waals surface area contributed by atoms with Gasteiger partial charge in [0, 0.05) is 65.1 Å². The molecule has 0 saturated carbocycles. The standard InChI is InChI=1S/C23H41N4O2Si2/c1-6-28-30(29-22(2)3)20-21-31(23-10-8-7-9-11-23,26-16-12-24(4)13-17-26)27-18-14-25(5)15-19-27/h7-11,20-22H,6,12-19H2,1-5H3/b21-20+. The van der Waals surface area contributed by atoms with Crippen LogP contribution >= 0.6 is 0 Å². The highest BCUT2D eigenvalue weighted by Crippen LogP contribution is 2.22. The molecule has 0 amide bonds. The first-order valence-corrected chi connectivity index (χ1v) is 15.1. The molecule has 1 aromatic carbocycles. The van der Waals surface area contributed by atoms with Crippen molar-refractivity contribution >= 4 is 22.9 Å². The highest BCUT2D eigenvalue weighted by molar-refractivity contribution is 6.92. The van der Waals surface area contributed by atoms with Crippen LogP contribution in [0.3, 0.4) is 0 Å². The average Bonchev–Trinajstić information content (AvgIpc) is 2.76. The fourth-order valence-corrected chi connectivity index (χ4v) is 11.2. The molecule has 31 heavy (non-hydrogen) atoms. The number of benzene rings is 1. The first kappa shape index (κ1) is 24.8. The summed E-state index contributed by atoms with van der Waals surface area (Å²) in [5.74, 6) is 0. The van der Waals surface area contributed by atoms with Crippen molar-refractivity contribution in [2.24, 2.45) is 0 Å². The first-order chi connectivity index (χ1) is 15.0. The Morgan fingerprint density at radius 2 is 1.42 bits per heavy atom. The highest BCUT2D eigenvalue weighted by atomic mass is 28.4. The second-order valence-electron chi connectivity index (χ2n) is 8.92. The van der Waals surface area contributed by atoms with Crippen molar-refractivity contribution in [2.75, 3.05) is 73.1 Å². The molecule has 0 aromatic heterocycles. The first-order valence-electron chi connectivity index (χ1n) is 11.7. The molecule has 0 spiro atoms. The summed E-state index contributed by atoms with van der Waals surface area (Å²) >= 11 is 0. The summed E-state index contributed by atoms with van der Waals surface area (Å²) in [5, 5.41) is 1.47. The predicted molar refractivity (Wildman–Crippen MR) is 133 cm³/mol. The summed E-state index contributed by atoms with van der Waals surface area (Å²) in [4.78, 5) is 4.90. The molecule has 3 rings (SSSR count). The predicted octanol–water partition coefficient (Wildman–Crippen LogP) is 1.41. The zero-order valence-corrected chi connectivity index (χ0v) is 22.1. The minimum atomic E-state index is -2.27. The van der Waals surface area contributed by atoms with Crippen LogP contribution in [0.5, 0.6) is 0 Å². The van der Waals surface area contributed by atoms with E-state index in [1.807, 2.05) is 0 Å². The summed E-state index contributed by atoms with van der Waals surface area (Å²) in [6, 6.07) is 11.2. The number of nitrogens with zero attached hydrogens (tertiary/aromatic N) is 4. The van der Waals surface area contributed by atoms with Gasteiger partial charge in [-0.05, 0) is 45.8 Å². The number of hydrogen-bond acceptors (Lipinski definition) is 6. The normalized spacial score (nSPS) is 21.0. The van der Waals surface area contributed by atoms with Crippen LogP contribution in [0.1, 0.15) is 20.8 Å². The SMILES string of the molecule is CCO[Si](/C=C/[Si](c1ccccc1)(N1CCN(C)CC1)N1CCN(C)CC1)OC(C)C. The Labute approximate surface area is 192 Å². The van der Waals surface area contributed by atoms with Crippen LogP contribution in [0, 0.1) is 0 Å². The lowest BCUT2D eigenvalue weighted by Gasteiger charge is -2.52. The Balaban J connectivity index is 2.03. The van der Waals surface area contributed by atoms with Gasteiger partial charge in [0.15, 0.2) is 0 Å². The molecule has 0 bridgehead atoms. The maximum Gasteiger partial charge on any atom is 0.415 e. The Morgan fingerprint density at radius 1 is 0.903 bits per heavy atom. The van der Waals surface area contributed by atoms with Gasteiger partial charge in [0.25, 0.3) is 8.40 Å². The minimum Gasteiger partial charge on any atom is -0.391 e. The van der Waals surface area contributed by atoms with E-state index in [9.17, 15) is 0 Å². The van der Waals surface area contributed by atoms with Crippen LogP contribution in [-0.2, 0) is 8.85 Å². The van der Waals surface area contributed by atoms with Gasteiger partial charge in [0.1, 0.15) is 0 Å². The largest absolute Gasteiger partial charge is 0.415 e. The van der Waals surface area contributed by atoms with Crippen LogP contribution in [-0.4, -0.2) is 116 Å². The van der Waals surface area contributed by atoms with E-state index in [2.05, 4.69) is 95.5 Å². The van der Waals surface area contributed by atoms with E-state index in [1.165, 1.54) is 5.19 Å². The zero-order valence-electron chi connectivity index (χ0n) is 20.1. The molecule has 0 N–H and O–H groups in total. The van der Waals surface area contributed by atoms with Crippen LogP contribution in [0.4, 0.5) is 0 Å². The Morgan fingerprint density at radius 3 is 1.87 bits per heavy atom. The maximum absolute atomic E-state index is 6.19. The van der Waals surface area contributed by atoms with Gasteiger partial charge in [-0.2, -0.15) is 0 Å².